The van der Waals surface area contributed by atoms with Gasteiger partial charge in [-0.25, -0.2) is 8.42 Å². The Morgan fingerprint density at radius 1 is 1.00 bits per heavy atom. The van der Waals surface area contributed by atoms with Crippen LogP contribution in [-0.2, 0) is 14.6 Å². The van der Waals surface area contributed by atoms with Crippen molar-refractivity contribution in [1.82, 2.24) is 0 Å². The zero-order valence-corrected chi connectivity index (χ0v) is 12.5. The average molecular weight is 280 g/mol. The highest BCUT2D eigenvalue weighted by molar-refractivity contribution is 8.14. The molecule has 0 aliphatic heterocycles. The number of carbonyl (C=O) groups excluding carboxylic acids is 1. The summed E-state index contributed by atoms with van der Waals surface area (Å²) in [5.74, 6) is 0.803. The fourth-order valence-corrected chi connectivity index (χ4v) is 4.00. The molecule has 0 saturated heterocycles. The Kier molecular flexibility index (Phi) is 9.93. The van der Waals surface area contributed by atoms with E-state index in [1.165, 1.54) is 26.2 Å². The molecule has 0 saturated carbocycles. The first kappa shape index (κ1) is 17.0. The Morgan fingerprint density at radius 2 is 1.59 bits per heavy atom. The van der Waals surface area contributed by atoms with Crippen molar-refractivity contribution in [2.24, 2.45) is 0 Å². The predicted molar refractivity (Wildman–Crippen MR) is 75.2 cm³/mol. The van der Waals surface area contributed by atoms with Crippen LogP contribution in [0.25, 0.3) is 0 Å². The summed E-state index contributed by atoms with van der Waals surface area (Å²) in [7, 11) is -2.94. The third-order valence-electron chi connectivity index (χ3n) is 2.51. The highest BCUT2D eigenvalue weighted by Crippen LogP contribution is 2.08. The standard InChI is InChI=1S/C12H24O3S2/c1-3-4-5-6-7-8-10-17(14,15)11-9-16-12(2)13/h3-11H2,1-2H3. The van der Waals surface area contributed by atoms with Crippen molar-refractivity contribution in [3.05, 3.63) is 0 Å². The number of thioether (sulfide) groups is 1. The Balaban J connectivity index is 3.54. The van der Waals surface area contributed by atoms with Crippen LogP contribution in [0.2, 0.25) is 0 Å². The lowest BCUT2D eigenvalue weighted by Gasteiger charge is -2.03. The van der Waals surface area contributed by atoms with Gasteiger partial charge >= 0.3 is 0 Å². The van der Waals surface area contributed by atoms with Crippen molar-refractivity contribution in [3.8, 4) is 0 Å². The number of hydrogen-bond acceptors (Lipinski definition) is 4. The van der Waals surface area contributed by atoms with Crippen LogP contribution < -0.4 is 0 Å². The number of hydrogen-bond donors (Lipinski definition) is 0. The summed E-state index contributed by atoms with van der Waals surface area (Å²) < 4.78 is 23.2. The molecule has 102 valence electrons. The minimum atomic E-state index is -2.94. The van der Waals surface area contributed by atoms with Crippen LogP contribution in [-0.4, -0.2) is 30.8 Å². The minimum Gasteiger partial charge on any atom is -0.288 e. The van der Waals surface area contributed by atoms with E-state index in [0.29, 0.717) is 5.75 Å². The summed E-state index contributed by atoms with van der Waals surface area (Å²) >= 11 is 1.09. The molecule has 0 radical (unpaired) electrons. The molecule has 0 aromatic heterocycles. The second kappa shape index (κ2) is 9.95. The summed E-state index contributed by atoms with van der Waals surface area (Å²) in [4.78, 5) is 10.7. The van der Waals surface area contributed by atoms with Crippen molar-refractivity contribution < 1.29 is 13.2 Å². The Bertz CT molecular complexity index is 297. The number of sulfone groups is 1. The van der Waals surface area contributed by atoms with E-state index in [-0.39, 0.29) is 16.6 Å². The first-order valence-electron chi connectivity index (χ1n) is 6.31. The highest BCUT2D eigenvalue weighted by Gasteiger charge is 2.10. The molecule has 0 aromatic rings. The maximum atomic E-state index is 11.6. The van der Waals surface area contributed by atoms with E-state index in [1.54, 1.807) is 0 Å². The van der Waals surface area contributed by atoms with Gasteiger partial charge in [-0.2, -0.15) is 0 Å². The molecule has 0 atom stereocenters. The maximum Gasteiger partial charge on any atom is 0.185 e. The molecule has 0 unspecified atom stereocenters. The minimum absolute atomic E-state index is 0.0141. The van der Waals surface area contributed by atoms with Crippen molar-refractivity contribution in [1.29, 1.82) is 0 Å². The molecule has 0 aliphatic rings. The van der Waals surface area contributed by atoms with E-state index in [2.05, 4.69) is 6.92 Å². The maximum absolute atomic E-state index is 11.6. The monoisotopic (exact) mass is 280 g/mol. The Labute approximate surface area is 110 Å². The van der Waals surface area contributed by atoms with Gasteiger partial charge in [0.15, 0.2) is 15.0 Å². The average Bonchev–Trinajstić information content (AvgIpc) is 2.22. The van der Waals surface area contributed by atoms with Crippen LogP contribution >= 0.6 is 11.8 Å². The fraction of sp³-hybridized carbons (Fsp3) is 0.917. The molecular formula is C12H24O3S2. The highest BCUT2D eigenvalue weighted by atomic mass is 32.2. The van der Waals surface area contributed by atoms with E-state index in [1.807, 2.05) is 0 Å². The van der Waals surface area contributed by atoms with Crippen molar-refractivity contribution in [2.45, 2.75) is 52.4 Å². The smallest absolute Gasteiger partial charge is 0.185 e. The van der Waals surface area contributed by atoms with E-state index < -0.39 is 9.84 Å². The predicted octanol–water partition coefficient (Wildman–Crippen LogP) is 3.04. The summed E-state index contributed by atoms with van der Waals surface area (Å²) in [6, 6.07) is 0. The van der Waals surface area contributed by atoms with E-state index >= 15 is 0 Å². The van der Waals surface area contributed by atoms with Crippen LogP contribution in [0.15, 0.2) is 0 Å². The molecule has 0 spiro atoms. The number of carbonyl (C=O) groups is 1. The van der Waals surface area contributed by atoms with Gasteiger partial charge in [0.1, 0.15) is 0 Å². The molecule has 0 rings (SSSR count). The van der Waals surface area contributed by atoms with Crippen LogP contribution in [0.1, 0.15) is 52.4 Å². The van der Waals surface area contributed by atoms with Gasteiger partial charge in [0.25, 0.3) is 0 Å². The lowest BCUT2D eigenvalue weighted by Crippen LogP contribution is -2.13. The van der Waals surface area contributed by atoms with Gasteiger partial charge in [-0.1, -0.05) is 50.8 Å². The molecule has 0 N–H and O–H groups in total. The second-order valence-electron chi connectivity index (χ2n) is 4.26. The zero-order chi connectivity index (χ0) is 13.1. The SMILES string of the molecule is CCCCCCCCS(=O)(=O)CCSC(C)=O. The Morgan fingerprint density at radius 3 is 2.18 bits per heavy atom. The van der Waals surface area contributed by atoms with Crippen LogP contribution in [0, 0.1) is 0 Å². The van der Waals surface area contributed by atoms with Crippen LogP contribution in [0.3, 0.4) is 0 Å². The first-order valence-corrected chi connectivity index (χ1v) is 9.12. The Hall–Kier alpha value is -0.0300. The zero-order valence-electron chi connectivity index (χ0n) is 10.9. The second-order valence-corrected chi connectivity index (χ2v) is 7.84. The van der Waals surface area contributed by atoms with Crippen molar-refractivity contribution >= 4 is 26.7 Å². The molecule has 0 aliphatic carbocycles. The molecule has 0 fully saturated rings. The summed E-state index contributed by atoms with van der Waals surface area (Å²) in [5.41, 5.74) is 0. The first-order chi connectivity index (χ1) is 7.98. The molecule has 0 aromatic carbocycles. The fourth-order valence-electron chi connectivity index (χ4n) is 1.52. The quantitative estimate of drug-likeness (QED) is 0.577. The van der Waals surface area contributed by atoms with Gasteiger partial charge < -0.3 is 0 Å². The largest absolute Gasteiger partial charge is 0.288 e. The van der Waals surface area contributed by atoms with Gasteiger partial charge in [0.05, 0.1) is 11.5 Å². The van der Waals surface area contributed by atoms with Gasteiger partial charge in [-0.15, -0.1) is 0 Å². The van der Waals surface area contributed by atoms with Crippen LogP contribution in [0.4, 0.5) is 0 Å². The molecule has 5 heteroatoms. The lowest BCUT2D eigenvalue weighted by molar-refractivity contribution is -0.109. The van der Waals surface area contributed by atoms with E-state index in [9.17, 15) is 13.2 Å². The molecule has 0 bridgehead atoms. The summed E-state index contributed by atoms with van der Waals surface area (Å²) in [6.07, 6.45) is 6.54. The molecule has 3 nitrogen and oxygen atoms in total. The van der Waals surface area contributed by atoms with E-state index in [4.69, 9.17) is 0 Å². The van der Waals surface area contributed by atoms with Gasteiger partial charge in [0, 0.05) is 12.7 Å². The van der Waals surface area contributed by atoms with Gasteiger partial charge in [-0.3, -0.25) is 4.79 Å². The van der Waals surface area contributed by atoms with Crippen LogP contribution in [0.5, 0.6) is 0 Å². The molecule has 0 heterocycles. The number of unbranched alkanes of at least 4 members (excludes halogenated alkanes) is 5. The molecule has 0 amide bonds. The van der Waals surface area contributed by atoms with Gasteiger partial charge in [-0.05, 0) is 6.42 Å². The summed E-state index contributed by atoms with van der Waals surface area (Å²) in [6.45, 7) is 3.63. The van der Waals surface area contributed by atoms with Gasteiger partial charge in [0.2, 0.25) is 0 Å². The molecular weight excluding hydrogens is 256 g/mol. The topological polar surface area (TPSA) is 51.2 Å². The lowest BCUT2D eigenvalue weighted by atomic mass is 10.1. The normalized spacial score (nSPS) is 11.6. The van der Waals surface area contributed by atoms with E-state index in [0.717, 1.165) is 31.0 Å². The third-order valence-corrected chi connectivity index (χ3v) is 5.32. The summed E-state index contributed by atoms with van der Waals surface area (Å²) in [5, 5.41) is -0.0141. The number of rotatable bonds is 10. The molecule has 17 heavy (non-hydrogen) atoms. The van der Waals surface area contributed by atoms with Crippen molar-refractivity contribution in [2.75, 3.05) is 17.3 Å². The third kappa shape index (κ3) is 12.2. The van der Waals surface area contributed by atoms with Crippen molar-refractivity contribution in [3.63, 3.8) is 0 Å².